The lowest BCUT2D eigenvalue weighted by Crippen LogP contribution is -2.21. The Bertz CT molecular complexity index is 634. The van der Waals surface area contributed by atoms with E-state index in [1.54, 1.807) is 12.1 Å². The van der Waals surface area contributed by atoms with Gasteiger partial charge in [0, 0.05) is 16.6 Å². The van der Waals surface area contributed by atoms with E-state index in [1.165, 1.54) is 6.07 Å². The Balaban J connectivity index is 2.14. The molecule has 21 heavy (non-hydrogen) atoms. The molecule has 0 aromatic heterocycles. The lowest BCUT2D eigenvalue weighted by molar-refractivity contribution is 0.475. The first-order chi connectivity index (χ1) is 9.99. The highest BCUT2D eigenvalue weighted by atomic mass is 79.9. The van der Waals surface area contributed by atoms with E-state index in [0.29, 0.717) is 16.0 Å². The molecule has 0 fully saturated rings. The Morgan fingerprint density at radius 1 is 1.10 bits per heavy atom. The highest BCUT2D eigenvalue weighted by Crippen LogP contribution is 2.29. The van der Waals surface area contributed by atoms with Gasteiger partial charge in [0.2, 0.25) is 0 Å². The van der Waals surface area contributed by atoms with E-state index in [2.05, 4.69) is 38.8 Å². The van der Waals surface area contributed by atoms with Crippen LogP contribution in [0.25, 0.3) is 0 Å². The zero-order chi connectivity index (χ0) is 15.4. The van der Waals surface area contributed by atoms with Gasteiger partial charge in [0.15, 0.2) is 0 Å². The largest absolute Gasteiger partial charge is 0.457 e. The Morgan fingerprint density at radius 3 is 2.38 bits per heavy atom. The van der Waals surface area contributed by atoms with E-state index in [4.69, 9.17) is 10.5 Å². The second-order valence-electron chi connectivity index (χ2n) is 4.80. The van der Waals surface area contributed by atoms with E-state index in [9.17, 15) is 4.39 Å². The average Bonchev–Trinajstić information content (AvgIpc) is 2.45. The normalized spacial score (nSPS) is 12.2. The monoisotopic (exact) mass is 415 g/mol. The number of nitrogens with two attached hydrogens (primary N) is 1. The zero-order valence-electron chi connectivity index (χ0n) is 11.6. The first-order valence-electron chi connectivity index (χ1n) is 6.66. The molecule has 1 unspecified atom stereocenters. The summed E-state index contributed by atoms with van der Waals surface area (Å²) in [4.78, 5) is 0. The van der Waals surface area contributed by atoms with Crippen molar-refractivity contribution in [2.45, 2.75) is 25.8 Å². The predicted octanol–water partition coefficient (Wildman–Crippen LogP) is 5.42. The smallest absolute Gasteiger partial charge is 0.141 e. The van der Waals surface area contributed by atoms with Crippen molar-refractivity contribution in [1.29, 1.82) is 0 Å². The summed E-state index contributed by atoms with van der Waals surface area (Å²) in [7, 11) is 0. The summed E-state index contributed by atoms with van der Waals surface area (Å²) < 4.78 is 20.5. The molecule has 0 aliphatic rings. The van der Waals surface area contributed by atoms with Crippen molar-refractivity contribution < 1.29 is 9.13 Å². The molecule has 2 aromatic rings. The van der Waals surface area contributed by atoms with Gasteiger partial charge in [0.05, 0.1) is 4.47 Å². The Hall–Kier alpha value is -0.910. The summed E-state index contributed by atoms with van der Waals surface area (Å²) in [6.07, 6.45) is 1.74. The molecule has 0 saturated carbocycles. The minimum absolute atomic E-state index is 0.147. The molecular formula is C16H16Br2FNO. The van der Waals surface area contributed by atoms with Crippen LogP contribution in [0.5, 0.6) is 11.5 Å². The Labute approximate surface area is 140 Å². The molecule has 0 bridgehead atoms. The maximum Gasteiger partial charge on any atom is 0.141 e. The maximum absolute atomic E-state index is 13.5. The van der Waals surface area contributed by atoms with Crippen LogP contribution >= 0.6 is 31.9 Å². The number of rotatable bonds is 5. The number of hydrogen-bond acceptors (Lipinski definition) is 2. The van der Waals surface area contributed by atoms with Gasteiger partial charge >= 0.3 is 0 Å². The van der Waals surface area contributed by atoms with Crippen molar-refractivity contribution in [1.82, 2.24) is 0 Å². The molecule has 2 N–H and O–H groups in total. The van der Waals surface area contributed by atoms with Crippen molar-refractivity contribution in [2.75, 3.05) is 0 Å². The highest BCUT2D eigenvalue weighted by Gasteiger charge is 2.08. The van der Waals surface area contributed by atoms with Crippen LogP contribution in [0.1, 0.15) is 18.9 Å². The molecular weight excluding hydrogens is 401 g/mol. The molecule has 2 rings (SSSR count). The van der Waals surface area contributed by atoms with Gasteiger partial charge in [0.1, 0.15) is 17.3 Å². The molecule has 1 atom stereocenters. The summed E-state index contributed by atoms with van der Waals surface area (Å²) >= 11 is 6.64. The van der Waals surface area contributed by atoms with Crippen LogP contribution in [0, 0.1) is 5.82 Å². The third-order valence-corrected chi connectivity index (χ3v) is 4.54. The Morgan fingerprint density at radius 2 is 1.76 bits per heavy atom. The van der Waals surface area contributed by atoms with Crippen LogP contribution in [-0.4, -0.2) is 6.04 Å². The highest BCUT2D eigenvalue weighted by molar-refractivity contribution is 9.10. The molecule has 0 heterocycles. The molecule has 0 aliphatic carbocycles. The van der Waals surface area contributed by atoms with Gasteiger partial charge in [-0.25, -0.2) is 4.39 Å². The maximum atomic E-state index is 13.5. The van der Waals surface area contributed by atoms with Gasteiger partial charge in [-0.3, -0.25) is 0 Å². The number of hydrogen-bond donors (Lipinski definition) is 1. The third kappa shape index (κ3) is 4.53. The van der Waals surface area contributed by atoms with Crippen LogP contribution in [0.15, 0.2) is 45.3 Å². The van der Waals surface area contributed by atoms with Gasteiger partial charge < -0.3 is 10.5 Å². The lowest BCUT2D eigenvalue weighted by atomic mass is 10.0. The summed E-state index contributed by atoms with van der Waals surface area (Å²) in [5.41, 5.74) is 7.11. The van der Waals surface area contributed by atoms with Gasteiger partial charge in [0.25, 0.3) is 0 Å². The first-order valence-corrected chi connectivity index (χ1v) is 8.25. The molecule has 112 valence electrons. The van der Waals surface area contributed by atoms with E-state index in [1.807, 2.05) is 18.2 Å². The fourth-order valence-electron chi connectivity index (χ4n) is 1.86. The fraction of sp³-hybridized carbons (Fsp3) is 0.250. The minimum atomic E-state index is -0.350. The standard InChI is InChI=1S/C16H16Br2FNO/c1-2-11(20)7-10-3-4-12(8-15(10)18)21-13-5-6-14(17)16(19)9-13/h3-6,8-9,11H,2,7,20H2,1H3. The topological polar surface area (TPSA) is 35.2 Å². The SMILES string of the molecule is CCC(N)Cc1ccc(Oc2ccc(Br)c(F)c2)cc1Br. The zero-order valence-corrected chi connectivity index (χ0v) is 14.7. The quantitative estimate of drug-likeness (QED) is 0.705. The van der Waals surface area contributed by atoms with Crippen LogP contribution in [0.3, 0.4) is 0 Å². The summed E-state index contributed by atoms with van der Waals surface area (Å²) in [5.74, 6) is 0.759. The lowest BCUT2D eigenvalue weighted by Gasteiger charge is -2.12. The molecule has 5 heteroatoms. The molecule has 0 amide bonds. The number of ether oxygens (including phenoxy) is 1. The fourth-order valence-corrected chi connectivity index (χ4v) is 2.63. The minimum Gasteiger partial charge on any atom is -0.457 e. The van der Waals surface area contributed by atoms with Crippen LogP contribution in [-0.2, 0) is 6.42 Å². The van der Waals surface area contributed by atoms with Crippen LogP contribution in [0.2, 0.25) is 0 Å². The number of halogens is 3. The van der Waals surface area contributed by atoms with E-state index in [0.717, 1.165) is 22.9 Å². The van der Waals surface area contributed by atoms with Gasteiger partial charge in [-0.15, -0.1) is 0 Å². The number of benzene rings is 2. The van der Waals surface area contributed by atoms with E-state index >= 15 is 0 Å². The van der Waals surface area contributed by atoms with Crippen molar-refractivity contribution in [3.63, 3.8) is 0 Å². The summed E-state index contributed by atoms with van der Waals surface area (Å²) in [6, 6.07) is 10.5. The second-order valence-corrected chi connectivity index (χ2v) is 6.51. The molecule has 0 saturated heterocycles. The average molecular weight is 417 g/mol. The van der Waals surface area contributed by atoms with Crippen molar-refractivity contribution >= 4 is 31.9 Å². The molecule has 2 aromatic carbocycles. The van der Waals surface area contributed by atoms with E-state index < -0.39 is 0 Å². The summed E-state index contributed by atoms with van der Waals surface area (Å²) in [6.45, 7) is 2.07. The van der Waals surface area contributed by atoms with Crippen molar-refractivity contribution in [3.8, 4) is 11.5 Å². The molecule has 2 nitrogen and oxygen atoms in total. The molecule has 0 aliphatic heterocycles. The second kappa shape index (κ2) is 7.38. The van der Waals surface area contributed by atoms with Gasteiger partial charge in [-0.05, 0) is 58.6 Å². The van der Waals surface area contributed by atoms with Crippen LogP contribution < -0.4 is 10.5 Å². The van der Waals surface area contributed by atoms with Crippen molar-refractivity contribution in [2.24, 2.45) is 5.73 Å². The first kappa shape index (κ1) is 16.5. The van der Waals surface area contributed by atoms with E-state index in [-0.39, 0.29) is 11.9 Å². The van der Waals surface area contributed by atoms with Crippen molar-refractivity contribution in [3.05, 3.63) is 56.7 Å². The molecule has 0 radical (unpaired) electrons. The van der Waals surface area contributed by atoms with Crippen LogP contribution in [0.4, 0.5) is 4.39 Å². The van der Waals surface area contributed by atoms with Gasteiger partial charge in [-0.2, -0.15) is 0 Å². The Kier molecular flexibility index (Phi) is 5.79. The third-order valence-electron chi connectivity index (χ3n) is 3.16. The predicted molar refractivity (Wildman–Crippen MR) is 90.3 cm³/mol. The summed E-state index contributed by atoms with van der Waals surface area (Å²) in [5, 5.41) is 0. The van der Waals surface area contributed by atoms with Gasteiger partial charge in [-0.1, -0.05) is 28.9 Å². The molecule has 0 spiro atoms.